The normalized spacial score (nSPS) is 12.9. The van der Waals surface area contributed by atoms with Crippen molar-refractivity contribution in [1.29, 1.82) is 0 Å². The van der Waals surface area contributed by atoms with E-state index in [9.17, 15) is 0 Å². The van der Waals surface area contributed by atoms with Crippen molar-refractivity contribution in [3.63, 3.8) is 0 Å². The molecule has 0 aliphatic heterocycles. The van der Waals surface area contributed by atoms with Gasteiger partial charge in [-0.1, -0.05) is 6.07 Å². The second-order valence-corrected chi connectivity index (χ2v) is 5.72. The van der Waals surface area contributed by atoms with E-state index in [1.807, 2.05) is 16.8 Å². The smallest absolute Gasteiger partial charge is 0.0797 e. The summed E-state index contributed by atoms with van der Waals surface area (Å²) in [5.41, 5.74) is 3.10. The summed E-state index contributed by atoms with van der Waals surface area (Å²) in [6, 6.07) is 4.74. The Morgan fingerprint density at radius 2 is 2.31 bits per heavy atom. The Balaban J connectivity index is 1.78. The van der Waals surface area contributed by atoms with Gasteiger partial charge in [0.15, 0.2) is 0 Å². The van der Waals surface area contributed by atoms with Gasteiger partial charge in [0.25, 0.3) is 0 Å². The second kappa shape index (κ2) is 5.57. The summed E-state index contributed by atoms with van der Waals surface area (Å²) in [6.45, 7) is 5.31. The van der Waals surface area contributed by atoms with Crippen molar-refractivity contribution >= 4 is 22.7 Å². The van der Waals surface area contributed by atoms with Crippen molar-refractivity contribution in [2.45, 2.75) is 26.3 Å². The SMILES string of the molecule is Cc1ncsc1CCN[C@@H](C)c1cccs1. The zero-order chi connectivity index (χ0) is 11.4. The molecule has 0 bridgehead atoms. The Kier molecular flexibility index (Phi) is 4.09. The molecular formula is C12H16N2S2. The predicted octanol–water partition coefficient (Wildman–Crippen LogP) is 3.41. The number of thiophene rings is 1. The number of hydrogen-bond donors (Lipinski definition) is 1. The highest BCUT2D eigenvalue weighted by molar-refractivity contribution is 7.10. The molecule has 2 heterocycles. The molecule has 1 N–H and O–H groups in total. The summed E-state index contributed by atoms with van der Waals surface area (Å²) < 4.78 is 0. The van der Waals surface area contributed by atoms with Gasteiger partial charge in [0, 0.05) is 22.3 Å². The molecule has 2 rings (SSSR count). The van der Waals surface area contributed by atoms with Crippen LogP contribution in [-0.4, -0.2) is 11.5 Å². The fraction of sp³-hybridized carbons (Fsp3) is 0.417. The minimum absolute atomic E-state index is 0.452. The molecule has 4 heteroatoms. The van der Waals surface area contributed by atoms with Crippen LogP contribution in [0.2, 0.25) is 0 Å². The lowest BCUT2D eigenvalue weighted by Crippen LogP contribution is -2.20. The molecule has 0 aromatic carbocycles. The first kappa shape index (κ1) is 11.8. The van der Waals surface area contributed by atoms with Crippen molar-refractivity contribution in [1.82, 2.24) is 10.3 Å². The Morgan fingerprint density at radius 1 is 1.44 bits per heavy atom. The first-order valence-corrected chi connectivity index (χ1v) is 7.19. The first-order chi connectivity index (χ1) is 7.77. The standard InChI is InChI=1S/C12H16N2S2/c1-9(11-4-3-7-15-11)13-6-5-12-10(2)14-8-16-12/h3-4,7-9,13H,5-6H2,1-2H3/t9-/m0/s1. The van der Waals surface area contributed by atoms with Crippen LogP contribution in [0.3, 0.4) is 0 Å². The van der Waals surface area contributed by atoms with Crippen LogP contribution in [0.4, 0.5) is 0 Å². The third kappa shape index (κ3) is 2.90. The molecule has 86 valence electrons. The highest BCUT2D eigenvalue weighted by Crippen LogP contribution is 2.18. The number of hydrogen-bond acceptors (Lipinski definition) is 4. The van der Waals surface area contributed by atoms with E-state index in [4.69, 9.17) is 0 Å². The fourth-order valence-corrected chi connectivity index (χ4v) is 3.15. The minimum atomic E-state index is 0.452. The molecule has 0 amide bonds. The van der Waals surface area contributed by atoms with Crippen LogP contribution in [0.25, 0.3) is 0 Å². The van der Waals surface area contributed by atoms with Crippen LogP contribution in [0.15, 0.2) is 23.0 Å². The van der Waals surface area contributed by atoms with Gasteiger partial charge in [-0.15, -0.1) is 22.7 Å². The maximum atomic E-state index is 4.26. The van der Waals surface area contributed by atoms with E-state index in [-0.39, 0.29) is 0 Å². The molecule has 0 radical (unpaired) electrons. The molecule has 2 aromatic heterocycles. The number of nitrogens with zero attached hydrogens (tertiary/aromatic N) is 1. The largest absolute Gasteiger partial charge is 0.309 e. The third-order valence-electron chi connectivity index (χ3n) is 2.62. The number of rotatable bonds is 5. The number of aryl methyl sites for hydroxylation is 1. The lowest BCUT2D eigenvalue weighted by atomic mass is 10.2. The second-order valence-electron chi connectivity index (χ2n) is 3.80. The fourth-order valence-electron chi connectivity index (χ4n) is 1.61. The maximum absolute atomic E-state index is 4.26. The van der Waals surface area contributed by atoms with E-state index in [2.05, 4.69) is 41.7 Å². The van der Waals surface area contributed by atoms with Gasteiger partial charge in [-0.05, 0) is 31.7 Å². The average molecular weight is 252 g/mol. The summed E-state index contributed by atoms with van der Waals surface area (Å²) in [5, 5.41) is 5.67. The topological polar surface area (TPSA) is 24.9 Å². The van der Waals surface area contributed by atoms with Gasteiger partial charge >= 0.3 is 0 Å². The zero-order valence-electron chi connectivity index (χ0n) is 9.56. The lowest BCUT2D eigenvalue weighted by molar-refractivity contribution is 0.586. The van der Waals surface area contributed by atoms with Crippen LogP contribution in [-0.2, 0) is 6.42 Å². The number of thiazole rings is 1. The van der Waals surface area contributed by atoms with Gasteiger partial charge in [0.05, 0.1) is 11.2 Å². The lowest BCUT2D eigenvalue weighted by Gasteiger charge is -2.11. The number of aromatic nitrogens is 1. The Labute approximate surface area is 104 Å². The molecule has 0 unspecified atom stereocenters. The van der Waals surface area contributed by atoms with Crippen molar-refractivity contribution in [3.8, 4) is 0 Å². The molecule has 2 aromatic rings. The van der Waals surface area contributed by atoms with Crippen molar-refractivity contribution in [3.05, 3.63) is 38.5 Å². The van der Waals surface area contributed by atoms with E-state index < -0.39 is 0 Å². The molecule has 16 heavy (non-hydrogen) atoms. The summed E-state index contributed by atoms with van der Waals surface area (Å²) in [5.74, 6) is 0. The van der Waals surface area contributed by atoms with E-state index >= 15 is 0 Å². The van der Waals surface area contributed by atoms with Crippen LogP contribution in [0.5, 0.6) is 0 Å². The van der Waals surface area contributed by atoms with Crippen LogP contribution in [0.1, 0.15) is 28.4 Å². The molecular weight excluding hydrogens is 236 g/mol. The van der Waals surface area contributed by atoms with Gasteiger partial charge in [-0.3, -0.25) is 0 Å². The molecule has 1 atom stereocenters. The minimum Gasteiger partial charge on any atom is -0.309 e. The monoisotopic (exact) mass is 252 g/mol. The highest BCUT2D eigenvalue weighted by Gasteiger charge is 2.06. The van der Waals surface area contributed by atoms with Gasteiger partial charge < -0.3 is 5.32 Å². The Hall–Kier alpha value is -0.710. The van der Waals surface area contributed by atoms with E-state index in [1.165, 1.54) is 15.4 Å². The molecule has 0 spiro atoms. The molecule has 0 fully saturated rings. The Morgan fingerprint density at radius 3 is 2.94 bits per heavy atom. The molecule has 0 aliphatic carbocycles. The summed E-state index contributed by atoms with van der Waals surface area (Å²) in [6.07, 6.45) is 1.08. The van der Waals surface area contributed by atoms with Gasteiger partial charge in [-0.2, -0.15) is 0 Å². The summed E-state index contributed by atoms with van der Waals surface area (Å²) in [4.78, 5) is 7.06. The zero-order valence-corrected chi connectivity index (χ0v) is 11.2. The van der Waals surface area contributed by atoms with Crippen LogP contribution >= 0.6 is 22.7 Å². The molecule has 0 aliphatic rings. The maximum Gasteiger partial charge on any atom is 0.0797 e. The van der Waals surface area contributed by atoms with E-state index in [1.54, 1.807) is 11.3 Å². The summed E-state index contributed by atoms with van der Waals surface area (Å²) in [7, 11) is 0. The van der Waals surface area contributed by atoms with Gasteiger partial charge in [0.1, 0.15) is 0 Å². The van der Waals surface area contributed by atoms with E-state index in [0.29, 0.717) is 6.04 Å². The van der Waals surface area contributed by atoms with Crippen molar-refractivity contribution in [2.24, 2.45) is 0 Å². The van der Waals surface area contributed by atoms with Gasteiger partial charge in [0.2, 0.25) is 0 Å². The molecule has 0 saturated carbocycles. The molecule has 0 saturated heterocycles. The Bertz CT molecular complexity index is 420. The van der Waals surface area contributed by atoms with Crippen LogP contribution in [0, 0.1) is 6.92 Å². The highest BCUT2D eigenvalue weighted by atomic mass is 32.1. The quantitative estimate of drug-likeness (QED) is 0.882. The number of nitrogens with one attached hydrogen (secondary N) is 1. The van der Waals surface area contributed by atoms with Gasteiger partial charge in [-0.25, -0.2) is 4.98 Å². The van der Waals surface area contributed by atoms with Crippen molar-refractivity contribution in [2.75, 3.05) is 6.54 Å². The van der Waals surface area contributed by atoms with Crippen molar-refractivity contribution < 1.29 is 0 Å². The first-order valence-electron chi connectivity index (χ1n) is 5.43. The molecule has 2 nitrogen and oxygen atoms in total. The third-order valence-corrected chi connectivity index (χ3v) is 4.67. The van der Waals surface area contributed by atoms with E-state index in [0.717, 1.165) is 13.0 Å². The predicted molar refractivity (Wildman–Crippen MR) is 71.3 cm³/mol. The summed E-state index contributed by atoms with van der Waals surface area (Å²) >= 11 is 3.56. The average Bonchev–Trinajstić information content (AvgIpc) is 2.90. The van der Waals surface area contributed by atoms with Crippen LogP contribution < -0.4 is 5.32 Å².